The van der Waals surface area contributed by atoms with Gasteiger partial charge >= 0.3 is 0 Å². The van der Waals surface area contributed by atoms with Gasteiger partial charge in [-0.15, -0.1) is 0 Å². The van der Waals surface area contributed by atoms with Crippen LogP contribution in [0.2, 0.25) is 0 Å². The van der Waals surface area contributed by atoms with E-state index in [1.165, 1.54) is 18.4 Å². The molecule has 0 saturated carbocycles. The second kappa shape index (κ2) is 7.01. The number of pyridine rings is 1. The summed E-state index contributed by atoms with van der Waals surface area (Å²) in [5, 5.41) is 0. The lowest BCUT2D eigenvalue weighted by atomic mass is 9.85. The maximum atomic E-state index is 13.3. The summed E-state index contributed by atoms with van der Waals surface area (Å²) in [7, 11) is 0. The lowest BCUT2D eigenvalue weighted by molar-refractivity contribution is -0.145. The number of fused-ring (bicyclic) bond motifs is 1. The second-order valence-corrected chi connectivity index (χ2v) is 8.02. The van der Waals surface area contributed by atoms with Gasteiger partial charge in [0, 0.05) is 31.5 Å². The normalized spacial score (nSPS) is 25.7. The van der Waals surface area contributed by atoms with E-state index in [1.807, 2.05) is 15.9 Å². The summed E-state index contributed by atoms with van der Waals surface area (Å²) in [5.41, 5.74) is 2.41. The summed E-state index contributed by atoms with van der Waals surface area (Å²) in [5.74, 6) is 0.164. The molecule has 1 aromatic heterocycles. The Hall–Kier alpha value is -1.91. The fraction of sp³-hybridized carbons (Fsp3) is 0.667. The average Bonchev–Trinajstić information content (AvgIpc) is 3.09. The molecule has 0 radical (unpaired) electrons. The number of rotatable bonds is 3. The van der Waals surface area contributed by atoms with Gasteiger partial charge in [-0.1, -0.05) is 6.92 Å². The smallest absolute Gasteiger partial charge is 0.256 e. The first-order valence-electron chi connectivity index (χ1n) is 10.2. The molecule has 140 valence electrons. The third-order valence-corrected chi connectivity index (χ3v) is 6.35. The van der Waals surface area contributed by atoms with Crippen LogP contribution in [0.1, 0.15) is 73.5 Å². The van der Waals surface area contributed by atoms with Gasteiger partial charge in [0.2, 0.25) is 5.91 Å². The Kier molecular flexibility index (Phi) is 4.72. The van der Waals surface area contributed by atoms with Gasteiger partial charge in [0.15, 0.2) is 0 Å². The predicted octanol–water partition coefficient (Wildman–Crippen LogP) is 2.97. The summed E-state index contributed by atoms with van der Waals surface area (Å²) in [4.78, 5) is 35.0. The van der Waals surface area contributed by atoms with E-state index in [0.29, 0.717) is 12.1 Å². The highest BCUT2D eigenvalue weighted by atomic mass is 16.2. The molecule has 1 atom stereocenters. The van der Waals surface area contributed by atoms with E-state index in [9.17, 15) is 9.59 Å². The number of likely N-dealkylation sites (tertiary alicyclic amines) is 2. The Morgan fingerprint density at radius 1 is 1.15 bits per heavy atom. The maximum absolute atomic E-state index is 13.3. The molecule has 2 aliphatic heterocycles. The molecule has 0 aromatic carbocycles. The van der Waals surface area contributed by atoms with Crippen molar-refractivity contribution in [1.82, 2.24) is 14.8 Å². The van der Waals surface area contributed by atoms with Gasteiger partial charge in [-0.3, -0.25) is 14.6 Å². The van der Waals surface area contributed by atoms with Crippen molar-refractivity contribution in [2.24, 2.45) is 0 Å². The first kappa shape index (κ1) is 17.5. The minimum atomic E-state index is -0.611. The van der Waals surface area contributed by atoms with Gasteiger partial charge in [0.05, 0.1) is 5.56 Å². The summed E-state index contributed by atoms with van der Waals surface area (Å²) in [6.45, 7) is 4.41. The highest BCUT2D eigenvalue weighted by molar-refractivity contribution is 6.00. The van der Waals surface area contributed by atoms with Crippen LogP contribution < -0.4 is 0 Å². The monoisotopic (exact) mass is 355 g/mol. The molecule has 2 amide bonds. The van der Waals surface area contributed by atoms with Crippen LogP contribution in [-0.4, -0.2) is 51.8 Å². The zero-order chi connectivity index (χ0) is 18.1. The second-order valence-electron chi connectivity index (χ2n) is 8.02. The number of hydrogen-bond acceptors (Lipinski definition) is 3. The average molecular weight is 355 g/mol. The highest BCUT2D eigenvalue weighted by Crippen LogP contribution is 2.39. The third kappa shape index (κ3) is 2.81. The van der Waals surface area contributed by atoms with Crippen LogP contribution in [0.4, 0.5) is 0 Å². The number of amides is 2. The molecule has 1 aromatic rings. The molecule has 26 heavy (non-hydrogen) atoms. The molecule has 5 nitrogen and oxygen atoms in total. The molecule has 2 fully saturated rings. The number of carbonyl (C=O) groups excluding carboxylic acids is 2. The number of carbonyl (C=O) groups is 2. The van der Waals surface area contributed by atoms with Crippen LogP contribution in [-0.2, 0) is 17.6 Å². The van der Waals surface area contributed by atoms with E-state index in [-0.39, 0.29) is 11.8 Å². The fourth-order valence-corrected chi connectivity index (χ4v) is 5.07. The van der Waals surface area contributed by atoms with Crippen molar-refractivity contribution in [1.29, 1.82) is 0 Å². The molecule has 4 rings (SSSR count). The standard InChI is InChI=1S/C21H29N3O2/c1-2-11-23-12-5-9-21(20(23)26)10-6-13-24(21)19(25)17-14-16-7-3-4-8-18(16)22-15-17/h14-15H,2-13H2,1H3. The van der Waals surface area contributed by atoms with Crippen molar-refractivity contribution < 1.29 is 9.59 Å². The zero-order valence-electron chi connectivity index (χ0n) is 15.8. The van der Waals surface area contributed by atoms with E-state index in [1.54, 1.807) is 6.20 Å². The summed E-state index contributed by atoms with van der Waals surface area (Å²) < 4.78 is 0. The molecule has 1 aliphatic carbocycles. The summed E-state index contributed by atoms with van der Waals surface area (Å²) in [6, 6.07) is 2.03. The zero-order valence-corrected chi connectivity index (χ0v) is 15.8. The Morgan fingerprint density at radius 2 is 1.92 bits per heavy atom. The third-order valence-electron chi connectivity index (χ3n) is 6.35. The van der Waals surface area contributed by atoms with Crippen LogP contribution in [0, 0.1) is 0 Å². The molecule has 1 unspecified atom stereocenters. The van der Waals surface area contributed by atoms with Crippen LogP contribution in [0.5, 0.6) is 0 Å². The first-order valence-corrected chi connectivity index (χ1v) is 10.2. The summed E-state index contributed by atoms with van der Waals surface area (Å²) in [6.07, 6.45) is 10.6. The molecule has 1 spiro atoms. The predicted molar refractivity (Wildman–Crippen MR) is 100.0 cm³/mol. The van der Waals surface area contributed by atoms with Crippen molar-refractivity contribution in [2.45, 2.75) is 70.3 Å². The van der Waals surface area contributed by atoms with Crippen molar-refractivity contribution in [2.75, 3.05) is 19.6 Å². The molecule has 3 heterocycles. The summed E-state index contributed by atoms with van der Waals surface area (Å²) >= 11 is 0. The van der Waals surface area contributed by atoms with E-state index in [2.05, 4.69) is 11.9 Å². The molecule has 0 N–H and O–H groups in total. The van der Waals surface area contributed by atoms with Crippen LogP contribution >= 0.6 is 0 Å². The molecule has 2 saturated heterocycles. The highest BCUT2D eigenvalue weighted by Gasteiger charge is 2.52. The molecule has 0 bridgehead atoms. The Bertz CT molecular complexity index is 715. The number of piperidine rings is 1. The topological polar surface area (TPSA) is 53.5 Å². The van der Waals surface area contributed by atoms with Crippen molar-refractivity contribution in [3.63, 3.8) is 0 Å². The molecule has 3 aliphatic rings. The number of aryl methyl sites for hydroxylation is 2. The van der Waals surface area contributed by atoms with E-state index in [0.717, 1.165) is 63.7 Å². The molecule has 5 heteroatoms. The Balaban J connectivity index is 1.62. The van der Waals surface area contributed by atoms with Crippen molar-refractivity contribution in [3.05, 3.63) is 29.1 Å². The first-order chi connectivity index (χ1) is 12.7. The minimum absolute atomic E-state index is 0.00456. The van der Waals surface area contributed by atoms with Crippen LogP contribution in [0.25, 0.3) is 0 Å². The molecular weight excluding hydrogens is 326 g/mol. The largest absolute Gasteiger partial charge is 0.341 e. The van der Waals surface area contributed by atoms with Crippen LogP contribution in [0.15, 0.2) is 12.3 Å². The quantitative estimate of drug-likeness (QED) is 0.838. The van der Waals surface area contributed by atoms with Gasteiger partial charge in [-0.05, 0) is 69.4 Å². The number of hydrogen-bond donors (Lipinski definition) is 0. The minimum Gasteiger partial charge on any atom is -0.341 e. The van der Waals surface area contributed by atoms with Crippen molar-refractivity contribution in [3.8, 4) is 0 Å². The lowest BCUT2D eigenvalue weighted by Crippen LogP contribution is -2.61. The number of aromatic nitrogens is 1. The van der Waals surface area contributed by atoms with Gasteiger partial charge in [0.1, 0.15) is 5.54 Å². The van der Waals surface area contributed by atoms with Gasteiger partial charge < -0.3 is 9.80 Å². The van der Waals surface area contributed by atoms with Gasteiger partial charge in [0.25, 0.3) is 5.91 Å². The van der Waals surface area contributed by atoms with Crippen LogP contribution in [0.3, 0.4) is 0 Å². The van der Waals surface area contributed by atoms with E-state index >= 15 is 0 Å². The lowest BCUT2D eigenvalue weighted by Gasteiger charge is -2.44. The Labute approximate surface area is 155 Å². The van der Waals surface area contributed by atoms with Gasteiger partial charge in [-0.2, -0.15) is 0 Å². The fourth-order valence-electron chi connectivity index (χ4n) is 5.07. The maximum Gasteiger partial charge on any atom is 0.256 e. The van der Waals surface area contributed by atoms with Crippen molar-refractivity contribution >= 4 is 11.8 Å². The van der Waals surface area contributed by atoms with E-state index < -0.39 is 5.54 Å². The van der Waals surface area contributed by atoms with Gasteiger partial charge in [-0.25, -0.2) is 0 Å². The number of nitrogens with zero attached hydrogens (tertiary/aromatic N) is 3. The Morgan fingerprint density at radius 3 is 2.73 bits per heavy atom. The molecular formula is C21H29N3O2. The SMILES string of the molecule is CCCN1CCCC2(CCCN2C(=O)c2cnc3c(c2)CCCC3)C1=O. The van der Waals surface area contributed by atoms with E-state index in [4.69, 9.17) is 0 Å².